The molecule has 1 heterocycles. The SMILES string of the molecule is Cn1cc(S(=O)(=O)NCCSC(F)(F)F)c(N)n1. The van der Waals surface area contributed by atoms with Crippen molar-refractivity contribution < 1.29 is 21.6 Å². The molecule has 1 aromatic heterocycles. The molecule has 1 rings (SSSR count). The van der Waals surface area contributed by atoms with E-state index in [0.29, 0.717) is 0 Å². The molecule has 1 aromatic rings. The number of halogens is 3. The summed E-state index contributed by atoms with van der Waals surface area (Å²) in [5.74, 6) is -0.614. The van der Waals surface area contributed by atoms with Crippen molar-refractivity contribution in [2.24, 2.45) is 7.05 Å². The lowest BCUT2D eigenvalue weighted by molar-refractivity contribution is -0.0327. The number of rotatable bonds is 5. The zero-order valence-corrected chi connectivity index (χ0v) is 10.9. The van der Waals surface area contributed by atoms with E-state index in [9.17, 15) is 21.6 Å². The molecule has 0 amide bonds. The van der Waals surface area contributed by atoms with Crippen molar-refractivity contribution in [1.82, 2.24) is 14.5 Å². The van der Waals surface area contributed by atoms with Crippen molar-refractivity contribution in [2.75, 3.05) is 18.0 Å². The maximum atomic E-state index is 11.8. The van der Waals surface area contributed by atoms with Crippen LogP contribution < -0.4 is 10.5 Å². The van der Waals surface area contributed by atoms with Gasteiger partial charge < -0.3 is 5.73 Å². The summed E-state index contributed by atoms with van der Waals surface area (Å²) in [5.41, 5.74) is 0.988. The van der Waals surface area contributed by atoms with Crippen LogP contribution in [0.2, 0.25) is 0 Å². The van der Waals surface area contributed by atoms with Gasteiger partial charge in [-0.15, -0.1) is 0 Å². The van der Waals surface area contributed by atoms with Crippen LogP contribution in [0.4, 0.5) is 19.0 Å². The fraction of sp³-hybridized carbons (Fsp3) is 0.571. The quantitative estimate of drug-likeness (QED) is 0.775. The minimum atomic E-state index is -4.38. The van der Waals surface area contributed by atoms with Crippen molar-refractivity contribution in [3.05, 3.63) is 6.20 Å². The summed E-state index contributed by atoms with van der Waals surface area (Å²) in [7, 11) is -2.45. The van der Waals surface area contributed by atoms with Crippen molar-refractivity contribution in [3.8, 4) is 0 Å². The Balaban J connectivity index is 2.59. The summed E-state index contributed by atoms with van der Waals surface area (Å²) < 4.78 is 62.0. The number of hydrogen-bond donors (Lipinski definition) is 2. The Morgan fingerprint density at radius 3 is 2.61 bits per heavy atom. The molecule has 0 aliphatic rings. The van der Waals surface area contributed by atoms with Crippen LogP contribution in [0.15, 0.2) is 11.1 Å². The zero-order valence-electron chi connectivity index (χ0n) is 9.23. The van der Waals surface area contributed by atoms with Gasteiger partial charge in [-0.05, 0) is 11.8 Å². The third-order valence-electron chi connectivity index (χ3n) is 1.77. The minimum absolute atomic E-state index is 0.200. The standard InChI is InChI=1S/C7H11F3N4O2S2/c1-14-4-5(6(11)13-14)18(15,16)12-2-3-17-7(8,9)10/h4,12H,2-3H2,1H3,(H2,11,13). The van der Waals surface area contributed by atoms with Crippen LogP contribution in [-0.4, -0.2) is 36.0 Å². The van der Waals surface area contributed by atoms with Crippen LogP contribution in [0.25, 0.3) is 0 Å². The van der Waals surface area contributed by atoms with Gasteiger partial charge in [-0.25, -0.2) is 13.1 Å². The highest BCUT2D eigenvalue weighted by Gasteiger charge is 2.28. The van der Waals surface area contributed by atoms with E-state index < -0.39 is 21.3 Å². The first-order chi connectivity index (χ1) is 8.12. The van der Waals surface area contributed by atoms with Gasteiger partial charge >= 0.3 is 5.51 Å². The largest absolute Gasteiger partial charge is 0.441 e. The van der Waals surface area contributed by atoms with Gasteiger partial charge in [0, 0.05) is 25.5 Å². The highest BCUT2D eigenvalue weighted by Crippen LogP contribution is 2.29. The summed E-state index contributed by atoms with van der Waals surface area (Å²) >= 11 is -0.300. The number of aromatic nitrogens is 2. The van der Waals surface area contributed by atoms with E-state index in [1.165, 1.54) is 17.9 Å². The number of aryl methyl sites for hydroxylation is 1. The van der Waals surface area contributed by atoms with E-state index in [4.69, 9.17) is 5.73 Å². The first-order valence-electron chi connectivity index (χ1n) is 4.61. The lowest BCUT2D eigenvalue weighted by atomic mass is 10.7. The highest BCUT2D eigenvalue weighted by atomic mass is 32.2. The van der Waals surface area contributed by atoms with E-state index in [0.717, 1.165) is 0 Å². The Bertz CT molecular complexity index is 511. The van der Waals surface area contributed by atoms with Gasteiger partial charge in [0.05, 0.1) is 0 Å². The Hall–Kier alpha value is -0.940. The number of sulfonamides is 1. The molecule has 0 aliphatic carbocycles. The fourth-order valence-corrected chi connectivity index (χ4v) is 2.81. The van der Waals surface area contributed by atoms with E-state index in [1.54, 1.807) is 0 Å². The fourth-order valence-electron chi connectivity index (χ4n) is 1.11. The summed E-state index contributed by atoms with van der Waals surface area (Å²) in [6.45, 7) is -0.346. The normalized spacial score (nSPS) is 12.9. The van der Waals surface area contributed by atoms with Crippen LogP contribution in [0.3, 0.4) is 0 Å². The Labute approximate surface area is 106 Å². The van der Waals surface area contributed by atoms with E-state index in [1.807, 2.05) is 4.72 Å². The lowest BCUT2D eigenvalue weighted by Gasteiger charge is -2.07. The topological polar surface area (TPSA) is 90.0 Å². The molecule has 0 bridgehead atoms. The Kier molecular flexibility index (Phi) is 4.50. The number of nitrogen functional groups attached to an aromatic ring is 1. The average Bonchev–Trinajstić information content (AvgIpc) is 2.52. The number of hydrogen-bond acceptors (Lipinski definition) is 5. The maximum Gasteiger partial charge on any atom is 0.441 e. The number of nitrogens with zero attached hydrogens (tertiary/aromatic N) is 2. The lowest BCUT2D eigenvalue weighted by Crippen LogP contribution is -2.27. The molecule has 0 radical (unpaired) electrons. The van der Waals surface area contributed by atoms with Crippen LogP contribution in [0, 0.1) is 0 Å². The van der Waals surface area contributed by atoms with Crippen LogP contribution in [0.1, 0.15) is 0 Å². The van der Waals surface area contributed by atoms with E-state index in [2.05, 4.69) is 5.10 Å². The second-order valence-electron chi connectivity index (χ2n) is 3.24. The number of nitrogens with one attached hydrogen (secondary N) is 1. The predicted molar refractivity (Wildman–Crippen MR) is 61.3 cm³/mol. The summed E-state index contributed by atoms with van der Waals surface area (Å²) in [6, 6.07) is 0. The number of alkyl halides is 3. The van der Waals surface area contributed by atoms with Crippen molar-refractivity contribution >= 4 is 27.6 Å². The molecule has 3 N–H and O–H groups in total. The van der Waals surface area contributed by atoms with Gasteiger partial charge in [-0.2, -0.15) is 18.3 Å². The van der Waals surface area contributed by atoms with Gasteiger partial charge in [0.15, 0.2) is 5.82 Å². The second-order valence-corrected chi connectivity index (χ2v) is 6.14. The van der Waals surface area contributed by atoms with E-state index >= 15 is 0 Å². The van der Waals surface area contributed by atoms with Crippen molar-refractivity contribution in [2.45, 2.75) is 10.4 Å². The number of thioether (sulfide) groups is 1. The Morgan fingerprint density at radius 1 is 1.56 bits per heavy atom. The average molecular weight is 304 g/mol. The van der Waals surface area contributed by atoms with Crippen LogP contribution >= 0.6 is 11.8 Å². The second kappa shape index (κ2) is 5.36. The maximum absolute atomic E-state index is 11.8. The predicted octanol–water partition coefficient (Wildman–Crippen LogP) is 0.534. The van der Waals surface area contributed by atoms with Crippen LogP contribution in [0.5, 0.6) is 0 Å². The first kappa shape index (κ1) is 15.1. The van der Waals surface area contributed by atoms with Gasteiger partial charge in [-0.3, -0.25) is 4.68 Å². The molecule has 0 saturated carbocycles. The van der Waals surface area contributed by atoms with Gasteiger partial charge in [0.1, 0.15) is 4.90 Å². The molecule has 0 aliphatic heterocycles. The molecule has 104 valence electrons. The molecule has 0 fully saturated rings. The molecule has 6 nitrogen and oxygen atoms in total. The molecular weight excluding hydrogens is 293 g/mol. The molecule has 18 heavy (non-hydrogen) atoms. The number of anilines is 1. The van der Waals surface area contributed by atoms with Gasteiger partial charge in [0.2, 0.25) is 10.0 Å². The Morgan fingerprint density at radius 2 is 2.17 bits per heavy atom. The van der Waals surface area contributed by atoms with Gasteiger partial charge in [0.25, 0.3) is 0 Å². The minimum Gasteiger partial charge on any atom is -0.381 e. The van der Waals surface area contributed by atoms with Gasteiger partial charge in [-0.1, -0.05) is 0 Å². The van der Waals surface area contributed by atoms with Crippen LogP contribution in [-0.2, 0) is 17.1 Å². The van der Waals surface area contributed by atoms with Crippen molar-refractivity contribution in [3.63, 3.8) is 0 Å². The molecule has 0 atom stereocenters. The summed E-state index contributed by atoms with van der Waals surface area (Å²) in [5, 5.41) is 3.63. The molecule has 0 saturated heterocycles. The molecule has 0 spiro atoms. The third-order valence-corrected chi connectivity index (χ3v) is 3.98. The highest BCUT2D eigenvalue weighted by molar-refractivity contribution is 8.00. The zero-order chi connectivity index (χ0) is 14.0. The van der Waals surface area contributed by atoms with E-state index in [-0.39, 0.29) is 29.0 Å². The monoisotopic (exact) mass is 304 g/mol. The smallest absolute Gasteiger partial charge is 0.381 e. The first-order valence-corrected chi connectivity index (χ1v) is 7.08. The molecule has 0 unspecified atom stereocenters. The van der Waals surface area contributed by atoms with Crippen molar-refractivity contribution in [1.29, 1.82) is 0 Å². The molecular formula is C7H11F3N4O2S2. The number of nitrogens with two attached hydrogens (primary N) is 1. The summed E-state index contributed by atoms with van der Waals surface area (Å²) in [4.78, 5) is -0.248. The molecule has 11 heteroatoms. The summed E-state index contributed by atoms with van der Waals surface area (Å²) in [6.07, 6.45) is 1.18. The molecule has 0 aromatic carbocycles. The third kappa shape index (κ3) is 4.38.